The number of hydrogen-bond donors (Lipinski definition) is 1. The summed E-state index contributed by atoms with van der Waals surface area (Å²) in [6, 6.07) is 10.1. The molecule has 2 unspecified atom stereocenters. The highest BCUT2D eigenvalue weighted by Crippen LogP contribution is 2.34. The first-order chi connectivity index (χ1) is 22.0. The van der Waals surface area contributed by atoms with Crippen molar-refractivity contribution in [3.63, 3.8) is 0 Å². The average Bonchev–Trinajstić information content (AvgIpc) is 3.37. The normalized spacial score (nSPS) is 22.6. The van der Waals surface area contributed by atoms with Gasteiger partial charge in [0.2, 0.25) is 11.8 Å². The van der Waals surface area contributed by atoms with Crippen LogP contribution in [0.4, 0.5) is 17.6 Å². The van der Waals surface area contributed by atoms with Gasteiger partial charge in [-0.25, -0.2) is 4.39 Å². The summed E-state index contributed by atoms with van der Waals surface area (Å²) in [5, 5.41) is 11.3. The molecular formula is C32H30F4N6O4. The summed E-state index contributed by atoms with van der Waals surface area (Å²) in [5.41, 5.74) is 0.512. The van der Waals surface area contributed by atoms with Crippen LogP contribution < -0.4 is 10.1 Å². The standard InChI is InChI=1S/C32H30F4N6O4/c33-25-12-19(18-46-28-3-1-2-22-23(28)17-42(31(22)45)27-6-7-29(43)39-30(27)44)4-5-20(25)16-40-8-10-41(11-9-40)21-13-24(32(34,35)36)26(14-37)38-15-21/h1-5,12-13,21,27H,6-11,15-18H2,(H,39,43,44). The molecule has 46 heavy (non-hydrogen) atoms. The zero-order valence-electron chi connectivity index (χ0n) is 24.6. The smallest absolute Gasteiger partial charge is 0.418 e. The summed E-state index contributed by atoms with van der Waals surface area (Å²) in [6.07, 6.45) is -3.16. The number of rotatable bonds is 7. The largest absolute Gasteiger partial charge is 0.489 e. The highest BCUT2D eigenvalue weighted by Gasteiger charge is 2.41. The highest BCUT2D eigenvalue weighted by molar-refractivity contribution is 6.12. The van der Waals surface area contributed by atoms with E-state index in [0.29, 0.717) is 60.7 Å². The number of ether oxygens (including phenoxy) is 1. The second kappa shape index (κ2) is 12.6. The Morgan fingerprint density at radius 1 is 1.09 bits per heavy atom. The molecule has 2 atom stereocenters. The van der Waals surface area contributed by atoms with Gasteiger partial charge in [0.1, 0.15) is 36.0 Å². The van der Waals surface area contributed by atoms with Crippen molar-refractivity contribution in [3.8, 4) is 11.8 Å². The predicted molar refractivity (Wildman–Crippen MR) is 156 cm³/mol. The van der Waals surface area contributed by atoms with E-state index in [2.05, 4.69) is 10.3 Å². The van der Waals surface area contributed by atoms with Crippen molar-refractivity contribution in [3.05, 3.63) is 76.1 Å². The van der Waals surface area contributed by atoms with Crippen LogP contribution in [0.15, 0.2) is 53.0 Å². The number of nitrogens with one attached hydrogen (secondary N) is 1. The maximum absolute atomic E-state index is 15.2. The van der Waals surface area contributed by atoms with E-state index in [0.717, 1.165) is 6.08 Å². The summed E-state index contributed by atoms with van der Waals surface area (Å²) in [4.78, 5) is 46.2. The Hall–Kier alpha value is -4.61. The van der Waals surface area contributed by atoms with Gasteiger partial charge in [-0.2, -0.15) is 18.4 Å². The molecular weight excluding hydrogens is 608 g/mol. The van der Waals surface area contributed by atoms with E-state index in [1.165, 1.54) is 17.0 Å². The van der Waals surface area contributed by atoms with Crippen molar-refractivity contribution >= 4 is 23.4 Å². The Kier molecular flexibility index (Phi) is 8.63. The van der Waals surface area contributed by atoms with Crippen LogP contribution in [0.3, 0.4) is 0 Å². The topological polar surface area (TPSA) is 118 Å². The number of allylic oxidation sites excluding steroid dienone is 1. The zero-order chi connectivity index (χ0) is 32.6. The van der Waals surface area contributed by atoms with Gasteiger partial charge in [0, 0.05) is 61.9 Å². The van der Waals surface area contributed by atoms with Crippen molar-refractivity contribution in [2.24, 2.45) is 4.99 Å². The Balaban J connectivity index is 1.03. The van der Waals surface area contributed by atoms with Crippen LogP contribution in [-0.4, -0.2) is 89.1 Å². The molecule has 4 heterocycles. The van der Waals surface area contributed by atoms with E-state index in [1.54, 1.807) is 30.3 Å². The fourth-order valence-corrected chi connectivity index (χ4v) is 6.30. The van der Waals surface area contributed by atoms with Crippen LogP contribution >= 0.6 is 0 Å². The SMILES string of the molecule is N#CC1=NCC(N2CCN(Cc3ccc(COc4cccc5c4CN(C4CCC(=O)NC4=O)C5=O)cc3F)CC2)C=C1C(F)(F)F. The van der Waals surface area contributed by atoms with Crippen molar-refractivity contribution in [1.29, 1.82) is 5.26 Å². The predicted octanol–water partition coefficient (Wildman–Crippen LogP) is 3.12. The molecule has 0 aliphatic carbocycles. The van der Waals surface area contributed by atoms with Crippen LogP contribution in [0.5, 0.6) is 5.75 Å². The molecule has 0 spiro atoms. The Labute approximate surface area is 261 Å². The number of piperazine rings is 1. The number of nitrogens with zero attached hydrogens (tertiary/aromatic N) is 5. The molecule has 6 rings (SSSR count). The van der Waals surface area contributed by atoms with Gasteiger partial charge in [-0.1, -0.05) is 24.3 Å². The first-order valence-corrected chi connectivity index (χ1v) is 14.9. The van der Waals surface area contributed by atoms with E-state index < -0.39 is 41.3 Å². The van der Waals surface area contributed by atoms with Gasteiger partial charge in [0.25, 0.3) is 5.91 Å². The first-order valence-electron chi connectivity index (χ1n) is 14.9. The molecule has 3 amide bonds. The van der Waals surface area contributed by atoms with E-state index >= 15 is 4.39 Å². The van der Waals surface area contributed by atoms with E-state index in [4.69, 9.17) is 10.00 Å². The molecule has 0 bridgehead atoms. The number of nitriles is 1. The number of dihydropyridines is 1. The van der Waals surface area contributed by atoms with Gasteiger partial charge in [-0.05, 0) is 30.2 Å². The lowest BCUT2D eigenvalue weighted by Gasteiger charge is -2.39. The Bertz CT molecular complexity index is 1680. The van der Waals surface area contributed by atoms with Gasteiger partial charge in [0.05, 0.1) is 18.7 Å². The fraction of sp³-hybridized carbons (Fsp3) is 0.406. The number of amides is 3. The molecule has 240 valence electrons. The van der Waals surface area contributed by atoms with Crippen LogP contribution in [0.1, 0.15) is 39.9 Å². The molecule has 0 aromatic heterocycles. The van der Waals surface area contributed by atoms with Gasteiger partial charge in [0.15, 0.2) is 0 Å². The summed E-state index contributed by atoms with van der Waals surface area (Å²) in [7, 11) is 0. The third kappa shape index (κ3) is 6.38. The molecule has 4 aliphatic rings. The van der Waals surface area contributed by atoms with E-state index in [-0.39, 0.29) is 44.4 Å². The molecule has 2 aromatic rings. The number of hydrogen-bond acceptors (Lipinski definition) is 8. The van der Waals surface area contributed by atoms with Gasteiger partial charge < -0.3 is 9.64 Å². The van der Waals surface area contributed by atoms with Crippen LogP contribution in [0.25, 0.3) is 0 Å². The fourth-order valence-electron chi connectivity index (χ4n) is 6.30. The molecule has 0 saturated carbocycles. The number of fused-ring (bicyclic) bond motifs is 1. The van der Waals surface area contributed by atoms with Crippen molar-refractivity contribution in [2.45, 2.75) is 50.8 Å². The van der Waals surface area contributed by atoms with Crippen LogP contribution in [0.2, 0.25) is 0 Å². The van der Waals surface area contributed by atoms with Crippen molar-refractivity contribution in [1.82, 2.24) is 20.0 Å². The number of piperidine rings is 1. The Morgan fingerprint density at radius 3 is 2.57 bits per heavy atom. The lowest BCUT2D eigenvalue weighted by molar-refractivity contribution is -0.136. The minimum atomic E-state index is -4.65. The number of alkyl halides is 3. The molecule has 2 saturated heterocycles. The molecule has 0 radical (unpaired) electrons. The molecule has 1 N–H and O–H groups in total. The summed E-state index contributed by atoms with van der Waals surface area (Å²) >= 11 is 0. The number of carbonyl (C=O) groups excluding carboxylic acids is 3. The number of aliphatic imine (C=N–C) groups is 1. The summed E-state index contributed by atoms with van der Waals surface area (Å²) < 4.78 is 61.3. The second-order valence-corrected chi connectivity index (χ2v) is 11.7. The zero-order valence-corrected chi connectivity index (χ0v) is 24.6. The van der Waals surface area contributed by atoms with Crippen LogP contribution in [0, 0.1) is 17.1 Å². The highest BCUT2D eigenvalue weighted by atomic mass is 19.4. The average molecular weight is 639 g/mol. The molecule has 14 heteroatoms. The number of imide groups is 1. The summed E-state index contributed by atoms with van der Waals surface area (Å²) in [5.74, 6) is -1.13. The first kappa shape index (κ1) is 31.4. The van der Waals surface area contributed by atoms with Gasteiger partial charge in [-0.3, -0.25) is 34.5 Å². The van der Waals surface area contributed by atoms with Gasteiger partial charge >= 0.3 is 6.18 Å². The maximum atomic E-state index is 15.2. The van der Waals surface area contributed by atoms with Crippen LogP contribution in [-0.2, 0) is 29.3 Å². The van der Waals surface area contributed by atoms with Crippen molar-refractivity contribution < 1.29 is 36.7 Å². The third-order valence-electron chi connectivity index (χ3n) is 8.78. The van der Waals surface area contributed by atoms with E-state index in [9.17, 15) is 27.6 Å². The van der Waals surface area contributed by atoms with E-state index in [1.807, 2.05) is 9.80 Å². The second-order valence-electron chi connectivity index (χ2n) is 11.7. The molecule has 2 fully saturated rings. The minimum Gasteiger partial charge on any atom is -0.489 e. The lowest BCUT2D eigenvalue weighted by atomic mass is 10.0. The molecule has 10 nitrogen and oxygen atoms in total. The molecule has 2 aromatic carbocycles. The van der Waals surface area contributed by atoms with Crippen molar-refractivity contribution in [2.75, 3.05) is 32.7 Å². The molecule has 4 aliphatic heterocycles. The lowest BCUT2D eigenvalue weighted by Crippen LogP contribution is -2.52. The number of benzene rings is 2. The van der Waals surface area contributed by atoms with Gasteiger partial charge in [-0.15, -0.1) is 0 Å². The maximum Gasteiger partial charge on any atom is 0.418 e. The summed E-state index contributed by atoms with van der Waals surface area (Å²) in [6.45, 7) is 2.62. The number of halogens is 4. The Morgan fingerprint density at radius 2 is 1.87 bits per heavy atom. The third-order valence-corrected chi connectivity index (χ3v) is 8.78. The minimum absolute atomic E-state index is 0.0454. The number of carbonyl (C=O) groups is 3. The monoisotopic (exact) mass is 638 g/mol. The quantitative estimate of drug-likeness (QED) is 0.366.